The summed E-state index contributed by atoms with van der Waals surface area (Å²) >= 11 is 5.90. The number of halogens is 1. The zero-order chi connectivity index (χ0) is 16.3. The summed E-state index contributed by atoms with van der Waals surface area (Å²) < 4.78 is 10.4. The third kappa shape index (κ3) is 2.92. The van der Waals surface area contributed by atoms with Crippen LogP contribution in [0.1, 0.15) is 25.3 Å². The number of nitrogens with two attached hydrogens (primary N) is 1. The summed E-state index contributed by atoms with van der Waals surface area (Å²) in [5.74, 6) is -0.835. The number of nitriles is 1. The Labute approximate surface area is 133 Å². The molecule has 1 atom stereocenters. The van der Waals surface area contributed by atoms with E-state index < -0.39 is 11.9 Å². The summed E-state index contributed by atoms with van der Waals surface area (Å²) in [5, 5.41) is 9.95. The third-order valence-electron chi connectivity index (χ3n) is 3.30. The molecule has 0 saturated carbocycles. The smallest absolute Gasteiger partial charge is 0.338 e. The molecule has 1 aromatic rings. The van der Waals surface area contributed by atoms with Crippen LogP contribution in [0, 0.1) is 11.3 Å². The fourth-order valence-electron chi connectivity index (χ4n) is 2.34. The molecule has 114 valence electrons. The van der Waals surface area contributed by atoms with Crippen LogP contribution in [0.4, 0.5) is 0 Å². The fraction of sp³-hybridized carbons (Fsp3) is 0.250. The molecule has 0 amide bonds. The summed E-state index contributed by atoms with van der Waals surface area (Å²) in [6.07, 6.45) is 0. The van der Waals surface area contributed by atoms with Crippen molar-refractivity contribution >= 4 is 17.6 Å². The zero-order valence-corrected chi connectivity index (χ0v) is 13.0. The summed E-state index contributed by atoms with van der Waals surface area (Å²) in [4.78, 5) is 12.3. The summed E-state index contributed by atoms with van der Waals surface area (Å²) in [5.41, 5.74) is 6.96. The molecule has 0 spiro atoms. The predicted molar refractivity (Wildman–Crippen MR) is 81.4 cm³/mol. The van der Waals surface area contributed by atoms with E-state index in [2.05, 4.69) is 0 Å². The van der Waals surface area contributed by atoms with Crippen LogP contribution in [0.5, 0.6) is 0 Å². The lowest BCUT2D eigenvalue weighted by Crippen LogP contribution is -2.25. The van der Waals surface area contributed by atoms with Gasteiger partial charge in [0.2, 0.25) is 5.88 Å². The van der Waals surface area contributed by atoms with Crippen LogP contribution in [0.15, 0.2) is 47.1 Å². The molecule has 2 rings (SSSR count). The van der Waals surface area contributed by atoms with Crippen LogP contribution < -0.4 is 5.73 Å². The topological polar surface area (TPSA) is 85.3 Å². The van der Waals surface area contributed by atoms with E-state index in [0.29, 0.717) is 10.8 Å². The molecule has 0 unspecified atom stereocenters. The van der Waals surface area contributed by atoms with Gasteiger partial charge in [0.05, 0.1) is 18.1 Å². The first-order valence-electron chi connectivity index (χ1n) is 6.70. The van der Waals surface area contributed by atoms with Gasteiger partial charge < -0.3 is 15.2 Å². The van der Waals surface area contributed by atoms with E-state index in [1.807, 2.05) is 6.07 Å². The Morgan fingerprint density at radius 1 is 1.45 bits per heavy atom. The first-order chi connectivity index (χ1) is 10.5. The monoisotopic (exact) mass is 318 g/mol. The van der Waals surface area contributed by atoms with Crippen LogP contribution in [-0.4, -0.2) is 12.6 Å². The maximum absolute atomic E-state index is 12.3. The number of hydrogen-bond donors (Lipinski definition) is 1. The Balaban J connectivity index is 2.59. The van der Waals surface area contributed by atoms with Gasteiger partial charge in [-0.15, -0.1) is 0 Å². The maximum Gasteiger partial charge on any atom is 0.338 e. The van der Waals surface area contributed by atoms with Gasteiger partial charge in [0.15, 0.2) is 0 Å². The van der Waals surface area contributed by atoms with Crippen molar-refractivity contribution in [3.8, 4) is 6.07 Å². The zero-order valence-electron chi connectivity index (χ0n) is 12.2. The molecule has 0 radical (unpaired) electrons. The molecule has 0 aromatic heterocycles. The number of nitrogens with zero attached hydrogens (tertiary/aromatic N) is 1. The fourth-order valence-corrected chi connectivity index (χ4v) is 2.47. The van der Waals surface area contributed by atoms with E-state index in [1.165, 1.54) is 0 Å². The molecule has 1 aliphatic heterocycles. The van der Waals surface area contributed by atoms with E-state index in [4.69, 9.17) is 26.8 Å². The van der Waals surface area contributed by atoms with Gasteiger partial charge in [0, 0.05) is 5.02 Å². The second kappa shape index (κ2) is 6.54. The molecule has 0 fully saturated rings. The summed E-state index contributed by atoms with van der Waals surface area (Å²) in [6.45, 7) is 3.56. The van der Waals surface area contributed by atoms with Gasteiger partial charge in [-0.05, 0) is 31.5 Å². The minimum atomic E-state index is -0.630. The van der Waals surface area contributed by atoms with Crippen molar-refractivity contribution < 1.29 is 14.3 Å². The van der Waals surface area contributed by atoms with Crippen molar-refractivity contribution in [2.24, 2.45) is 5.73 Å². The van der Waals surface area contributed by atoms with Crippen LogP contribution in [0.3, 0.4) is 0 Å². The average molecular weight is 319 g/mol. The van der Waals surface area contributed by atoms with Gasteiger partial charge >= 0.3 is 5.97 Å². The predicted octanol–water partition coefficient (Wildman–Crippen LogP) is 2.98. The Morgan fingerprint density at radius 2 is 2.09 bits per heavy atom. The van der Waals surface area contributed by atoms with Crippen molar-refractivity contribution in [3.05, 3.63) is 57.6 Å². The molecule has 22 heavy (non-hydrogen) atoms. The minimum absolute atomic E-state index is 0.00648. The van der Waals surface area contributed by atoms with Crippen molar-refractivity contribution in [3.63, 3.8) is 0 Å². The standard InChI is InChI=1S/C16H15ClN2O3/c1-3-21-16(20)13-9(2)22-15(19)12(8-18)14(13)10-4-6-11(17)7-5-10/h4-7,14H,3,19H2,1-2H3/t14-/m0/s1. The van der Waals surface area contributed by atoms with Crippen molar-refractivity contribution in [2.75, 3.05) is 6.61 Å². The van der Waals surface area contributed by atoms with Crippen molar-refractivity contribution in [2.45, 2.75) is 19.8 Å². The SMILES string of the molecule is CCOC(=O)C1=C(C)OC(N)=C(C#N)[C@@H]1c1ccc(Cl)cc1. The number of esters is 1. The van der Waals surface area contributed by atoms with Crippen LogP contribution in [0.2, 0.25) is 5.02 Å². The van der Waals surface area contributed by atoms with Crippen molar-refractivity contribution in [1.29, 1.82) is 5.26 Å². The van der Waals surface area contributed by atoms with E-state index in [1.54, 1.807) is 38.1 Å². The molecule has 0 saturated heterocycles. The molecule has 2 N–H and O–H groups in total. The Morgan fingerprint density at radius 3 is 2.64 bits per heavy atom. The normalized spacial score (nSPS) is 17.8. The highest BCUT2D eigenvalue weighted by Crippen LogP contribution is 2.39. The lowest BCUT2D eigenvalue weighted by atomic mass is 9.83. The number of ether oxygens (including phenoxy) is 2. The lowest BCUT2D eigenvalue weighted by Gasteiger charge is -2.26. The van der Waals surface area contributed by atoms with Gasteiger partial charge in [0.1, 0.15) is 17.4 Å². The van der Waals surface area contributed by atoms with E-state index >= 15 is 0 Å². The van der Waals surface area contributed by atoms with Gasteiger partial charge in [-0.25, -0.2) is 4.79 Å². The summed E-state index contributed by atoms with van der Waals surface area (Å²) in [6, 6.07) is 8.89. The first-order valence-corrected chi connectivity index (χ1v) is 7.08. The van der Waals surface area contributed by atoms with Gasteiger partial charge in [-0.3, -0.25) is 0 Å². The highest BCUT2D eigenvalue weighted by molar-refractivity contribution is 6.30. The number of carbonyl (C=O) groups excluding carboxylic acids is 1. The van der Waals surface area contributed by atoms with Crippen LogP contribution >= 0.6 is 11.6 Å². The van der Waals surface area contributed by atoms with Crippen LogP contribution in [-0.2, 0) is 14.3 Å². The second-order valence-electron chi connectivity index (χ2n) is 4.67. The minimum Gasteiger partial charge on any atom is -0.463 e. The molecular formula is C16H15ClN2O3. The molecule has 0 aliphatic carbocycles. The van der Waals surface area contributed by atoms with E-state index in [-0.39, 0.29) is 23.6 Å². The molecule has 1 aromatic carbocycles. The van der Waals surface area contributed by atoms with Crippen LogP contribution in [0.25, 0.3) is 0 Å². The molecule has 1 heterocycles. The molecule has 1 aliphatic rings. The Kier molecular flexibility index (Phi) is 4.74. The highest BCUT2D eigenvalue weighted by atomic mass is 35.5. The average Bonchev–Trinajstić information content (AvgIpc) is 2.47. The quantitative estimate of drug-likeness (QED) is 0.866. The highest BCUT2D eigenvalue weighted by Gasteiger charge is 2.36. The Hall–Kier alpha value is -2.45. The molecular weight excluding hydrogens is 304 g/mol. The number of rotatable bonds is 3. The van der Waals surface area contributed by atoms with E-state index in [0.717, 1.165) is 5.56 Å². The number of hydrogen-bond acceptors (Lipinski definition) is 5. The largest absolute Gasteiger partial charge is 0.463 e. The van der Waals surface area contributed by atoms with Gasteiger partial charge in [-0.2, -0.15) is 5.26 Å². The third-order valence-corrected chi connectivity index (χ3v) is 3.56. The maximum atomic E-state index is 12.3. The number of allylic oxidation sites excluding steroid dienone is 2. The number of benzene rings is 1. The van der Waals surface area contributed by atoms with Gasteiger partial charge in [-0.1, -0.05) is 23.7 Å². The van der Waals surface area contributed by atoms with Gasteiger partial charge in [0.25, 0.3) is 0 Å². The van der Waals surface area contributed by atoms with E-state index in [9.17, 15) is 10.1 Å². The van der Waals surface area contributed by atoms with Crippen molar-refractivity contribution in [1.82, 2.24) is 0 Å². The number of carbonyl (C=O) groups is 1. The Bertz CT molecular complexity index is 699. The lowest BCUT2D eigenvalue weighted by molar-refractivity contribution is -0.139. The second-order valence-corrected chi connectivity index (χ2v) is 5.10. The molecule has 5 nitrogen and oxygen atoms in total. The molecule has 6 heteroatoms. The molecule has 0 bridgehead atoms. The summed E-state index contributed by atoms with van der Waals surface area (Å²) in [7, 11) is 0. The first kappa shape index (κ1) is 15.9.